The van der Waals surface area contributed by atoms with E-state index in [1.807, 2.05) is 43.3 Å². The molecular formula is C18H19N3O3. The number of carboxylic acid groups (broad SMARTS) is 1. The molecule has 0 bridgehead atoms. The minimum Gasteiger partial charge on any atom is -0.478 e. The van der Waals surface area contributed by atoms with Gasteiger partial charge in [-0.05, 0) is 43.3 Å². The Bertz CT molecular complexity index is 799. The largest absolute Gasteiger partial charge is 0.478 e. The zero-order chi connectivity index (χ0) is 17.7. The molecule has 6 nitrogen and oxygen atoms in total. The number of anilines is 1. The Morgan fingerprint density at radius 3 is 2.42 bits per heavy atom. The smallest absolute Gasteiger partial charge is 0.335 e. The molecule has 0 amide bonds. The van der Waals surface area contributed by atoms with Crippen LogP contribution in [0, 0.1) is 0 Å². The highest BCUT2D eigenvalue weighted by Gasteiger charge is 2.11. The maximum atomic E-state index is 10.8. The van der Waals surface area contributed by atoms with Crippen molar-refractivity contribution in [2.24, 2.45) is 0 Å². The van der Waals surface area contributed by atoms with Crippen LogP contribution in [0.25, 0.3) is 17.0 Å². The summed E-state index contributed by atoms with van der Waals surface area (Å²) >= 11 is 0. The molecule has 1 aromatic heterocycles. The van der Waals surface area contributed by atoms with Crippen molar-refractivity contribution in [3.63, 3.8) is 0 Å². The lowest BCUT2D eigenvalue weighted by Crippen LogP contribution is -2.07. The van der Waals surface area contributed by atoms with Gasteiger partial charge in [0.15, 0.2) is 0 Å². The predicted octanol–water partition coefficient (Wildman–Crippen LogP) is 3.40. The zero-order valence-corrected chi connectivity index (χ0v) is 13.9. The molecule has 0 atom stereocenters. The standard InChI is InChI=1S/C18H19N3O3/c1-5-13(7-6-12(2)18(22)23)16-19-20-17(24-16)14-8-10-15(11-9-14)21(3)4/h5-11H,2H2,1,3-4H3,(H,22,23)/b7-6-,13-5+. The van der Waals surface area contributed by atoms with E-state index in [4.69, 9.17) is 9.52 Å². The fraction of sp³-hybridized carbons (Fsp3) is 0.167. The van der Waals surface area contributed by atoms with E-state index in [9.17, 15) is 4.79 Å². The van der Waals surface area contributed by atoms with E-state index < -0.39 is 5.97 Å². The summed E-state index contributed by atoms with van der Waals surface area (Å²) in [4.78, 5) is 12.8. The minimum atomic E-state index is -1.08. The van der Waals surface area contributed by atoms with Crippen molar-refractivity contribution in [2.45, 2.75) is 6.92 Å². The highest BCUT2D eigenvalue weighted by atomic mass is 16.4. The Hall–Kier alpha value is -3.15. The molecule has 0 aliphatic heterocycles. The van der Waals surface area contributed by atoms with Crippen LogP contribution in [0.4, 0.5) is 5.69 Å². The average molecular weight is 325 g/mol. The van der Waals surface area contributed by atoms with E-state index in [2.05, 4.69) is 16.8 Å². The third-order valence-corrected chi connectivity index (χ3v) is 3.35. The van der Waals surface area contributed by atoms with Crippen LogP contribution in [0.15, 0.2) is 59.1 Å². The first-order chi connectivity index (χ1) is 11.4. The molecule has 1 heterocycles. The van der Waals surface area contributed by atoms with Crippen LogP contribution in [-0.2, 0) is 4.79 Å². The summed E-state index contributed by atoms with van der Waals surface area (Å²) in [7, 11) is 3.94. The molecule has 0 aliphatic rings. The van der Waals surface area contributed by atoms with Gasteiger partial charge in [-0.25, -0.2) is 4.79 Å². The number of benzene rings is 1. The van der Waals surface area contributed by atoms with Gasteiger partial charge in [0.25, 0.3) is 0 Å². The number of hydrogen-bond acceptors (Lipinski definition) is 5. The van der Waals surface area contributed by atoms with Crippen molar-refractivity contribution in [1.29, 1.82) is 0 Å². The fourth-order valence-corrected chi connectivity index (χ4v) is 1.91. The Labute approximate surface area is 140 Å². The molecule has 0 radical (unpaired) electrons. The Morgan fingerprint density at radius 2 is 1.88 bits per heavy atom. The number of hydrogen-bond donors (Lipinski definition) is 1. The molecule has 1 N–H and O–H groups in total. The first kappa shape index (κ1) is 17.2. The molecule has 2 aromatic rings. The van der Waals surface area contributed by atoms with Crippen molar-refractivity contribution in [1.82, 2.24) is 10.2 Å². The molecule has 0 fully saturated rings. The molecule has 0 aliphatic carbocycles. The van der Waals surface area contributed by atoms with E-state index in [0.29, 0.717) is 17.4 Å². The number of nitrogens with zero attached hydrogens (tertiary/aromatic N) is 3. The number of allylic oxidation sites excluding steroid dienone is 3. The van der Waals surface area contributed by atoms with Gasteiger partial charge in [-0.2, -0.15) is 0 Å². The predicted molar refractivity (Wildman–Crippen MR) is 93.6 cm³/mol. The van der Waals surface area contributed by atoms with Crippen molar-refractivity contribution < 1.29 is 14.3 Å². The van der Waals surface area contributed by atoms with E-state index in [1.54, 1.807) is 19.1 Å². The van der Waals surface area contributed by atoms with Gasteiger partial charge in [-0.15, -0.1) is 10.2 Å². The highest BCUT2D eigenvalue weighted by Crippen LogP contribution is 2.24. The van der Waals surface area contributed by atoms with Gasteiger partial charge in [-0.3, -0.25) is 0 Å². The Morgan fingerprint density at radius 1 is 1.21 bits per heavy atom. The SMILES string of the molecule is C=C(/C=C\C(=C/C)c1nnc(-c2ccc(N(C)C)cc2)o1)C(=O)O. The number of carboxylic acids is 1. The zero-order valence-electron chi connectivity index (χ0n) is 13.9. The molecule has 0 saturated heterocycles. The lowest BCUT2D eigenvalue weighted by atomic mass is 10.2. The van der Waals surface area contributed by atoms with Crippen LogP contribution in [0.1, 0.15) is 12.8 Å². The highest BCUT2D eigenvalue weighted by molar-refractivity contribution is 5.90. The maximum Gasteiger partial charge on any atom is 0.335 e. The Balaban J connectivity index is 2.22. The first-order valence-corrected chi connectivity index (χ1v) is 7.30. The molecule has 2 rings (SSSR count). The molecule has 0 saturated carbocycles. The number of carbonyl (C=O) groups is 1. The summed E-state index contributed by atoms with van der Waals surface area (Å²) in [6.45, 7) is 5.25. The Kier molecular flexibility index (Phi) is 5.31. The summed E-state index contributed by atoms with van der Waals surface area (Å²) in [5.74, 6) is -0.354. The van der Waals surface area contributed by atoms with Gasteiger partial charge < -0.3 is 14.4 Å². The molecule has 0 unspecified atom stereocenters. The van der Waals surface area contributed by atoms with Crippen LogP contribution in [0.5, 0.6) is 0 Å². The number of aliphatic carboxylic acids is 1. The van der Waals surface area contributed by atoms with Gasteiger partial charge >= 0.3 is 5.97 Å². The van der Waals surface area contributed by atoms with E-state index in [0.717, 1.165) is 11.3 Å². The number of aromatic nitrogens is 2. The van der Waals surface area contributed by atoms with Gasteiger partial charge in [-0.1, -0.05) is 12.7 Å². The lowest BCUT2D eigenvalue weighted by molar-refractivity contribution is -0.132. The van der Waals surface area contributed by atoms with Crippen molar-refractivity contribution >= 4 is 17.2 Å². The van der Waals surface area contributed by atoms with Crippen LogP contribution in [-0.4, -0.2) is 35.4 Å². The summed E-state index contributed by atoms with van der Waals surface area (Å²) in [6.07, 6.45) is 4.74. The fourth-order valence-electron chi connectivity index (χ4n) is 1.91. The second kappa shape index (κ2) is 7.41. The van der Waals surface area contributed by atoms with Gasteiger partial charge in [0, 0.05) is 30.9 Å². The topological polar surface area (TPSA) is 79.5 Å². The quantitative estimate of drug-likeness (QED) is 0.648. The molecule has 24 heavy (non-hydrogen) atoms. The third-order valence-electron chi connectivity index (χ3n) is 3.35. The van der Waals surface area contributed by atoms with Gasteiger partial charge in [0.1, 0.15) is 0 Å². The number of rotatable bonds is 6. The molecular weight excluding hydrogens is 306 g/mol. The van der Waals surface area contributed by atoms with Gasteiger partial charge in [0.2, 0.25) is 11.8 Å². The van der Waals surface area contributed by atoms with Crippen molar-refractivity contribution in [2.75, 3.05) is 19.0 Å². The average Bonchev–Trinajstić information content (AvgIpc) is 3.05. The van der Waals surface area contributed by atoms with E-state index >= 15 is 0 Å². The molecule has 6 heteroatoms. The third kappa shape index (κ3) is 3.98. The van der Waals surface area contributed by atoms with Crippen LogP contribution < -0.4 is 4.90 Å². The first-order valence-electron chi connectivity index (χ1n) is 7.30. The second-order valence-corrected chi connectivity index (χ2v) is 5.26. The summed E-state index contributed by atoms with van der Waals surface area (Å²) in [6, 6.07) is 7.74. The van der Waals surface area contributed by atoms with Crippen molar-refractivity contribution in [3.8, 4) is 11.5 Å². The maximum absolute atomic E-state index is 10.8. The lowest BCUT2D eigenvalue weighted by Gasteiger charge is -2.11. The van der Waals surface area contributed by atoms with Crippen LogP contribution >= 0.6 is 0 Å². The van der Waals surface area contributed by atoms with E-state index in [-0.39, 0.29) is 5.57 Å². The van der Waals surface area contributed by atoms with Gasteiger partial charge in [0.05, 0.1) is 5.57 Å². The van der Waals surface area contributed by atoms with E-state index in [1.165, 1.54) is 6.08 Å². The van der Waals surface area contributed by atoms with Crippen LogP contribution in [0.3, 0.4) is 0 Å². The molecule has 124 valence electrons. The normalized spacial score (nSPS) is 11.7. The summed E-state index contributed by atoms with van der Waals surface area (Å²) in [5.41, 5.74) is 2.49. The van der Waals surface area contributed by atoms with Crippen LogP contribution in [0.2, 0.25) is 0 Å². The van der Waals surface area contributed by atoms with Crippen molar-refractivity contribution in [3.05, 3.63) is 60.5 Å². The summed E-state index contributed by atoms with van der Waals surface area (Å²) < 4.78 is 5.68. The molecule has 1 aromatic carbocycles. The summed E-state index contributed by atoms with van der Waals surface area (Å²) in [5, 5.41) is 16.9. The molecule has 0 spiro atoms. The monoisotopic (exact) mass is 325 g/mol. The minimum absolute atomic E-state index is 0.0200. The second-order valence-electron chi connectivity index (χ2n) is 5.26.